The molecule has 192 valence electrons. The number of rotatable bonds is 15. The highest BCUT2D eigenvalue weighted by Crippen LogP contribution is 2.23. The van der Waals surface area contributed by atoms with Gasteiger partial charge in [0.25, 0.3) is 0 Å². The molecule has 36 heavy (non-hydrogen) atoms. The molecule has 2 aromatic carbocycles. The van der Waals surface area contributed by atoms with E-state index < -0.39 is 6.10 Å². The van der Waals surface area contributed by atoms with Gasteiger partial charge in [0.15, 0.2) is 11.9 Å². The van der Waals surface area contributed by atoms with E-state index in [1.807, 2.05) is 36.7 Å². The molecular formula is C31H40N2O3. The molecule has 0 amide bonds. The van der Waals surface area contributed by atoms with Gasteiger partial charge in [-0.2, -0.15) is 0 Å². The number of benzene rings is 2. The fraction of sp³-hybridized carbons (Fsp3) is 0.452. The van der Waals surface area contributed by atoms with Crippen molar-refractivity contribution in [1.82, 2.24) is 9.97 Å². The van der Waals surface area contributed by atoms with E-state index in [4.69, 9.17) is 9.47 Å². The maximum absolute atomic E-state index is 12.1. The molecule has 0 saturated heterocycles. The van der Waals surface area contributed by atoms with Gasteiger partial charge in [0, 0.05) is 23.5 Å². The third-order valence-corrected chi connectivity index (χ3v) is 6.26. The molecule has 0 aliphatic rings. The summed E-state index contributed by atoms with van der Waals surface area (Å²) >= 11 is 0. The standard InChI is InChI=1S/C31H40N2O3/c1-4-6-8-10-12-25-13-15-26(16-14-25)28-22-32-30(33-23-28)27-17-19-29(20-18-27)36-24(3)31(34)35-21-11-9-7-5-2/h13-20,22-24H,4-12,21H2,1-3H3. The number of aromatic nitrogens is 2. The number of aryl methyl sites for hydroxylation is 1. The Kier molecular flexibility index (Phi) is 11.4. The molecule has 0 bridgehead atoms. The summed E-state index contributed by atoms with van der Waals surface area (Å²) in [6.07, 6.45) is 13.6. The largest absolute Gasteiger partial charge is 0.479 e. The number of hydrogen-bond acceptors (Lipinski definition) is 5. The van der Waals surface area contributed by atoms with E-state index in [-0.39, 0.29) is 5.97 Å². The summed E-state index contributed by atoms with van der Waals surface area (Å²) < 4.78 is 11.1. The number of nitrogens with zero attached hydrogens (tertiary/aromatic N) is 2. The number of esters is 1. The van der Waals surface area contributed by atoms with Gasteiger partial charge in [-0.3, -0.25) is 0 Å². The molecule has 0 N–H and O–H groups in total. The minimum Gasteiger partial charge on any atom is -0.479 e. The van der Waals surface area contributed by atoms with Crippen molar-refractivity contribution >= 4 is 5.97 Å². The van der Waals surface area contributed by atoms with Gasteiger partial charge >= 0.3 is 5.97 Å². The van der Waals surface area contributed by atoms with E-state index in [0.717, 1.165) is 48.8 Å². The van der Waals surface area contributed by atoms with Crippen LogP contribution in [0.25, 0.3) is 22.5 Å². The summed E-state index contributed by atoms with van der Waals surface area (Å²) in [6.45, 7) is 6.55. The second-order valence-electron chi connectivity index (χ2n) is 9.32. The van der Waals surface area contributed by atoms with Crippen LogP contribution in [-0.2, 0) is 16.0 Å². The van der Waals surface area contributed by atoms with Gasteiger partial charge in [0.1, 0.15) is 5.75 Å². The number of ether oxygens (including phenoxy) is 2. The predicted molar refractivity (Wildman–Crippen MR) is 146 cm³/mol. The zero-order chi connectivity index (χ0) is 25.6. The van der Waals surface area contributed by atoms with Gasteiger partial charge in [-0.25, -0.2) is 14.8 Å². The van der Waals surface area contributed by atoms with E-state index in [1.54, 1.807) is 6.92 Å². The molecule has 3 aromatic rings. The number of carbonyl (C=O) groups excluding carboxylic acids is 1. The van der Waals surface area contributed by atoms with Crippen LogP contribution < -0.4 is 4.74 Å². The Bertz CT molecular complexity index is 1030. The van der Waals surface area contributed by atoms with E-state index in [0.29, 0.717) is 18.2 Å². The minimum absolute atomic E-state index is 0.334. The molecule has 1 atom stereocenters. The highest BCUT2D eigenvalue weighted by Gasteiger charge is 2.16. The van der Waals surface area contributed by atoms with Crippen molar-refractivity contribution in [3.63, 3.8) is 0 Å². The summed E-state index contributed by atoms with van der Waals surface area (Å²) in [5.41, 5.74) is 4.39. The van der Waals surface area contributed by atoms with Crippen LogP contribution in [0.15, 0.2) is 60.9 Å². The average molecular weight is 489 g/mol. The molecule has 1 aromatic heterocycles. The number of carbonyl (C=O) groups is 1. The Balaban J connectivity index is 1.51. The van der Waals surface area contributed by atoms with Gasteiger partial charge in [0.05, 0.1) is 6.61 Å². The maximum Gasteiger partial charge on any atom is 0.347 e. The third-order valence-electron chi connectivity index (χ3n) is 6.26. The van der Waals surface area contributed by atoms with Crippen LogP contribution >= 0.6 is 0 Å². The number of hydrogen-bond donors (Lipinski definition) is 0. The molecule has 1 unspecified atom stereocenters. The lowest BCUT2D eigenvalue weighted by molar-refractivity contribution is -0.151. The molecule has 0 fully saturated rings. The molecule has 0 saturated carbocycles. The molecule has 5 heteroatoms. The fourth-order valence-electron chi connectivity index (χ4n) is 4.00. The monoisotopic (exact) mass is 488 g/mol. The maximum atomic E-state index is 12.1. The Morgan fingerprint density at radius 3 is 2.00 bits per heavy atom. The van der Waals surface area contributed by atoms with E-state index in [2.05, 4.69) is 48.1 Å². The third kappa shape index (κ3) is 8.78. The van der Waals surface area contributed by atoms with Gasteiger partial charge in [-0.1, -0.05) is 76.6 Å². The zero-order valence-electron chi connectivity index (χ0n) is 22.0. The van der Waals surface area contributed by atoms with Crippen LogP contribution in [0.4, 0.5) is 0 Å². The van der Waals surface area contributed by atoms with E-state index >= 15 is 0 Å². The lowest BCUT2D eigenvalue weighted by Crippen LogP contribution is -2.26. The first-order chi connectivity index (χ1) is 17.6. The second kappa shape index (κ2) is 15.0. The van der Waals surface area contributed by atoms with Crippen molar-refractivity contribution in [3.05, 3.63) is 66.5 Å². The quantitative estimate of drug-likeness (QED) is 0.161. The van der Waals surface area contributed by atoms with Gasteiger partial charge in [-0.05, 0) is 61.6 Å². The zero-order valence-corrected chi connectivity index (χ0v) is 22.0. The second-order valence-corrected chi connectivity index (χ2v) is 9.32. The van der Waals surface area contributed by atoms with Crippen LogP contribution in [-0.4, -0.2) is 28.6 Å². The van der Waals surface area contributed by atoms with Crippen molar-refractivity contribution < 1.29 is 14.3 Å². The smallest absolute Gasteiger partial charge is 0.347 e. The summed E-state index contributed by atoms with van der Waals surface area (Å²) in [4.78, 5) is 21.3. The van der Waals surface area contributed by atoms with Gasteiger partial charge in [-0.15, -0.1) is 0 Å². The van der Waals surface area contributed by atoms with Gasteiger partial charge in [0.2, 0.25) is 0 Å². The molecule has 0 aliphatic carbocycles. The average Bonchev–Trinajstić information content (AvgIpc) is 2.92. The van der Waals surface area contributed by atoms with Crippen molar-refractivity contribution in [2.75, 3.05) is 6.61 Å². The highest BCUT2D eigenvalue weighted by atomic mass is 16.6. The topological polar surface area (TPSA) is 61.3 Å². The van der Waals surface area contributed by atoms with E-state index in [9.17, 15) is 4.79 Å². The lowest BCUT2D eigenvalue weighted by Gasteiger charge is -2.14. The highest BCUT2D eigenvalue weighted by molar-refractivity contribution is 5.74. The first-order valence-electron chi connectivity index (χ1n) is 13.5. The molecule has 0 aliphatic heterocycles. The Morgan fingerprint density at radius 2 is 1.36 bits per heavy atom. The van der Waals surface area contributed by atoms with Gasteiger partial charge < -0.3 is 9.47 Å². The van der Waals surface area contributed by atoms with Crippen LogP contribution in [0.5, 0.6) is 5.75 Å². The first kappa shape index (κ1) is 27.4. The molecule has 5 nitrogen and oxygen atoms in total. The summed E-state index contributed by atoms with van der Waals surface area (Å²) in [6, 6.07) is 16.2. The van der Waals surface area contributed by atoms with Crippen LogP contribution in [0.3, 0.4) is 0 Å². The van der Waals surface area contributed by atoms with E-state index in [1.165, 1.54) is 31.2 Å². The normalized spacial score (nSPS) is 11.8. The summed E-state index contributed by atoms with van der Waals surface area (Å²) in [5.74, 6) is 0.928. The Morgan fingerprint density at radius 1 is 0.750 bits per heavy atom. The molecule has 0 spiro atoms. The SMILES string of the molecule is CCCCCCOC(=O)C(C)Oc1ccc(-c2ncc(-c3ccc(CCCCCC)cc3)cn2)cc1. The summed E-state index contributed by atoms with van der Waals surface area (Å²) in [7, 11) is 0. The molecule has 1 heterocycles. The van der Waals surface area contributed by atoms with Crippen molar-refractivity contribution in [2.24, 2.45) is 0 Å². The molecule has 3 rings (SSSR count). The molecule has 0 radical (unpaired) electrons. The van der Waals surface area contributed by atoms with Crippen LogP contribution in [0.1, 0.15) is 77.7 Å². The predicted octanol–water partition coefficient (Wildman–Crippen LogP) is 7.82. The number of unbranched alkanes of at least 4 members (excludes halogenated alkanes) is 6. The Labute approximate surface area is 216 Å². The first-order valence-corrected chi connectivity index (χ1v) is 13.5. The Hall–Kier alpha value is -3.21. The summed E-state index contributed by atoms with van der Waals surface area (Å²) in [5, 5.41) is 0. The van der Waals surface area contributed by atoms with Crippen molar-refractivity contribution in [3.8, 4) is 28.3 Å². The van der Waals surface area contributed by atoms with Crippen LogP contribution in [0, 0.1) is 0 Å². The lowest BCUT2D eigenvalue weighted by atomic mass is 10.0. The van der Waals surface area contributed by atoms with Crippen molar-refractivity contribution in [2.45, 2.75) is 84.7 Å². The van der Waals surface area contributed by atoms with Crippen LogP contribution in [0.2, 0.25) is 0 Å². The molecular weight excluding hydrogens is 448 g/mol. The van der Waals surface area contributed by atoms with Crippen molar-refractivity contribution in [1.29, 1.82) is 0 Å². The minimum atomic E-state index is -0.653. The fourth-order valence-corrected chi connectivity index (χ4v) is 4.00.